The van der Waals surface area contributed by atoms with E-state index in [1.54, 1.807) is 0 Å². The van der Waals surface area contributed by atoms with Crippen LogP contribution in [0.1, 0.15) is 45.4 Å². The van der Waals surface area contributed by atoms with E-state index in [1.807, 2.05) is 0 Å². The molecular formula is C14H26N2. The molecule has 0 spiro atoms. The lowest BCUT2D eigenvalue weighted by atomic mass is 9.95. The van der Waals surface area contributed by atoms with Gasteiger partial charge in [-0.1, -0.05) is 32.1 Å². The summed E-state index contributed by atoms with van der Waals surface area (Å²) in [4.78, 5) is 2.38. The normalized spacial score (nSPS) is 26.4. The third-order valence-corrected chi connectivity index (χ3v) is 3.57. The summed E-state index contributed by atoms with van der Waals surface area (Å²) in [5, 5.41) is 0. The average Bonchev–Trinajstić information content (AvgIpc) is 2.45. The fourth-order valence-corrected chi connectivity index (χ4v) is 2.65. The Kier molecular flexibility index (Phi) is 6.52. The molecule has 1 saturated carbocycles. The van der Waals surface area contributed by atoms with Crippen LogP contribution in [0.15, 0.2) is 0 Å². The highest BCUT2D eigenvalue weighted by atomic mass is 15.1. The van der Waals surface area contributed by atoms with Crippen molar-refractivity contribution in [2.75, 3.05) is 19.6 Å². The molecule has 0 aromatic rings. The van der Waals surface area contributed by atoms with Crippen LogP contribution in [0.2, 0.25) is 0 Å². The first-order chi connectivity index (χ1) is 7.77. The maximum absolute atomic E-state index is 6.24. The van der Waals surface area contributed by atoms with Crippen molar-refractivity contribution in [3.05, 3.63) is 0 Å². The van der Waals surface area contributed by atoms with E-state index in [-0.39, 0.29) is 0 Å². The van der Waals surface area contributed by atoms with Gasteiger partial charge in [0.25, 0.3) is 0 Å². The molecule has 0 bridgehead atoms. The van der Waals surface area contributed by atoms with Crippen LogP contribution in [0.5, 0.6) is 0 Å². The Morgan fingerprint density at radius 1 is 1.31 bits per heavy atom. The smallest absolute Gasteiger partial charge is 0.0599 e. The summed E-state index contributed by atoms with van der Waals surface area (Å²) < 4.78 is 0. The maximum Gasteiger partial charge on any atom is 0.0599 e. The Morgan fingerprint density at radius 2 is 2.06 bits per heavy atom. The highest BCUT2D eigenvalue weighted by Gasteiger charge is 2.22. The Balaban J connectivity index is 2.44. The van der Waals surface area contributed by atoms with E-state index in [2.05, 4.69) is 17.7 Å². The Labute approximate surface area is 101 Å². The number of nitrogens with zero attached hydrogens (tertiary/aromatic N) is 1. The van der Waals surface area contributed by atoms with E-state index in [4.69, 9.17) is 12.2 Å². The number of nitrogens with two attached hydrogens (primary N) is 1. The summed E-state index contributed by atoms with van der Waals surface area (Å²) in [6.45, 7) is 5.18. The van der Waals surface area contributed by atoms with Gasteiger partial charge in [-0.25, -0.2) is 0 Å². The topological polar surface area (TPSA) is 29.3 Å². The van der Waals surface area contributed by atoms with Crippen LogP contribution in [0.25, 0.3) is 0 Å². The van der Waals surface area contributed by atoms with Crippen LogP contribution in [0, 0.1) is 18.3 Å². The summed E-state index contributed by atoms with van der Waals surface area (Å²) in [6, 6.07) is 0.389. The van der Waals surface area contributed by atoms with E-state index in [0.717, 1.165) is 19.6 Å². The van der Waals surface area contributed by atoms with Gasteiger partial charge in [0.2, 0.25) is 0 Å². The van der Waals surface area contributed by atoms with Gasteiger partial charge in [-0.15, -0.1) is 6.42 Å². The van der Waals surface area contributed by atoms with Crippen molar-refractivity contribution >= 4 is 0 Å². The lowest BCUT2D eigenvalue weighted by Gasteiger charge is -2.28. The summed E-state index contributed by atoms with van der Waals surface area (Å²) in [5.74, 6) is 3.41. The maximum atomic E-state index is 6.24. The summed E-state index contributed by atoms with van der Waals surface area (Å²) in [6.07, 6.45) is 13.1. The zero-order chi connectivity index (χ0) is 11.8. The molecule has 0 saturated heterocycles. The highest BCUT2D eigenvalue weighted by Crippen LogP contribution is 2.23. The molecule has 1 aliphatic rings. The number of hydrogen-bond acceptors (Lipinski definition) is 2. The van der Waals surface area contributed by atoms with Gasteiger partial charge in [0.1, 0.15) is 0 Å². The largest absolute Gasteiger partial charge is 0.327 e. The second kappa shape index (κ2) is 7.70. The predicted molar refractivity (Wildman–Crippen MR) is 70.1 cm³/mol. The van der Waals surface area contributed by atoms with E-state index in [1.165, 1.54) is 38.5 Å². The molecule has 1 rings (SSSR count). The molecule has 92 valence electrons. The molecule has 2 atom stereocenters. The molecule has 16 heavy (non-hydrogen) atoms. The average molecular weight is 222 g/mol. The van der Waals surface area contributed by atoms with Crippen LogP contribution < -0.4 is 5.73 Å². The zero-order valence-electron chi connectivity index (χ0n) is 10.6. The van der Waals surface area contributed by atoms with Crippen molar-refractivity contribution in [1.82, 2.24) is 4.90 Å². The van der Waals surface area contributed by atoms with Gasteiger partial charge >= 0.3 is 0 Å². The predicted octanol–water partition coefficient (Wildman–Crippen LogP) is 2.24. The first kappa shape index (κ1) is 13.5. The summed E-state index contributed by atoms with van der Waals surface area (Å²) >= 11 is 0. The van der Waals surface area contributed by atoms with Crippen molar-refractivity contribution in [1.29, 1.82) is 0 Å². The summed E-state index contributed by atoms with van der Waals surface area (Å²) in [5.41, 5.74) is 6.24. The fraction of sp³-hybridized carbons (Fsp3) is 0.857. The summed E-state index contributed by atoms with van der Waals surface area (Å²) in [7, 11) is 0. The third kappa shape index (κ3) is 4.55. The molecule has 2 nitrogen and oxygen atoms in total. The van der Waals surface area contributed by atoms with Gasteiger partial charge in [0.05, 0.1) is 6.54 Å². The molecule has 2 heteroatoms. The van der Waals surface area contributed by atoms with E-state index in [0.29, 0.717) is 12.0 Å². The van der Waals surface area contributed by atoms with Crippen LogP contribution in [-0.2, 0) is 0 Å². The molecule has 0 aromatic heterocycles. The van der Waals surface area contributed by atoms with Crippen molar-refractivity contribution in [3.8, 4) is 12.3 Å². The Morgan fingerprint density at radius 3 is 2.75 bits per heavy atom. The minimum Gasteiger partial charge on any atom is -0.327 e. The van der Waals surface area contributed by atoms with Gasteiger partial charge in [-0.05, 0) is 31.7 Å². The minimum atomic E-state index is 0.389. The molecule has 0 aliphatic heterocycles. The van der Waals surface area contributed by atoms with Gasteiger partial charge in [-0.3, -0.25) is 4.90 Å². The highest BCUT2D eigenvalue weighted by molar-refractivity contribution is 4.89. The Hall–Kier alpha value is -0.520. The van der Waals surface area contributed by atoms with Crippen LogP contribution in [0.3, 0.4) is 0 Å². The second-order valence-electron chi connectivity index (χ2n) is 5.00. The monoisotopic (exact) mass is 222 g/mol. The van der Waals surface area contributed by atoms with Gasteiger partial charge in [0.15, 0.2) is 0 Å². The van der Waals surface area contributed by atoms with Gasteiger partial charge in [0, 0.05) is 12.6 Å². The van der Waals surface area contributed by atoms with Crippen molar-refractivity contribution in [3.63, 3.8) is 0 Å². The molecule has 0 heterocycles. The first-order valence-electron chi connectivity index (χ1n) is 6.69. The minimum absolute atomic E-state index is 0.389. The van der Waals surface area contributed by atoms with E-state index < -0.39 is 0 Å². The van der Waals surface area contributed by atoms with Crippen molar-refractivity contribution in [2.45, 2.75) is 51.5 Å². The molecule has 1 fully saturated rings. The fourth-order valence-electron chi connectivity index (χ4n) is 2.65. The van der Waals surface area contributed by atoms with Crippen LogP contribution in [-0.4, -0.2) is 30.6 Å². The molecule has 1 aliphatic carbocycles. The van der Waals surface area contributed by atoms with Crippen LogP contribution in [0.4, 0.5) is 0 Å². The van der Waals surface area contributed by atoms with E-state index >= 15 is 0 Å². The number of terminal acetylenes is 1. The lowest BCUT2D eigenvalue weighted by Crippen LogP contribution is -2.39. The van der Waals surface area contributed by atoms with Crippen molar-refractivity contribution in [2.24, 2.45) is 11.7 Å². The second-order valence-corrected chi connectivity index (χ2v) is 5.00. The van der Waals surface area contributed by atoms with Gasteiger partial charge in [-0.2, -0.15) is 0 Å². The SMILES string of the molecule is C#CCN(CCC)CC1CCCCCC1N. The molecule has 0 amide bonds. The van der Waals surface area contributed by atoms with Crippen molar-refractivity contribution < 1.29 is 0 Å². The van der Waals surface area contributed by atoms with Crippen LogP contribution >= 0.6 is 0 Å². The van der Waals surface area contributed by atoms with E-state index in [9.17, 15) is 0 Å². The number of hydrogen-bond donors (Lipinski definition) is 1. The first-order valence-corrected chi connectivity index (χ1v) is 6.69. The molecule has 2 N–H and O–H groups in total. The molecule has 2 unspecified atom stereocenters. The Bertz CT molecular complexity index is 219. The standard InChI is InChI=1S/C14H26N2/c1-3-10-16(11-4-2)12-13-8-6-5-7-9-14(13)15/h1,13-14H,4-12,15H2,2H3. The zero-order valence-corrected chi connectivity index (χ0v) is 10.6. The third-order valence-electron chi connectivity index (χ3n) is 3.57. The quantitative estimate of drug-likeness (QED) is 0.571. The van der Waals surface area contributed by atoms with Gasteiger partial charge < -0.3 is 5.73 Å². The lowest BCUT2D eigenvalue weighted by molar-refractivity contribution is 0.227. The molecular weight excluding hydrogens is 196 g/mol. The molecule has 0 aromatic carbocycles. The number of rotatable bonds is 5. The molecule has 0 radical (unpaired) electrons.